The molecule has 0 aliphatic carbocycles. The van der Waals surface area contributed by atoms with Crippen LogP contribution in [-0.2, 0) is 0 Å². The van der Waals surface area contributed by atoms with Crippen LogP contribution in [0.4, 0.5) is 0 Å². The molecule has 2 aromatic rings. The molecule has 1 aromatic carbocycles. The number of hydrogen-bond donors (Lipinski definition) is 0. The Morgan fingerprint density at radius 2 is 1.95 bits per heavy atom. The van der Waals surface area contributed by atoms with Crippen molar-refractivity contribution < 1.29 is 4.79 Å². The summed E-state index contributed by atoms with van der Waals surface area (Å²) < 4.78 is 0.934. The number of benzene rings is 1. The Morgan fingerprint density at radius 1 is 1.32 bits per heavy atom. The van der Waals surface area contributed by atoms with Crippen LogP contribution in [0.15, 0.2) is 34.8 Å². The van der Waals surface area contributed by atoms with Crippen molar-refractivity contribution in [2.45, 2.75) is 19.8 Å². The van der Waals surface area contributed by atoms with E-state index in [0.29, 0.717) is 4.88 Å². The van der Waals surface area contributed by atoms with Gasteiger partial charge in [-0.25, -0.2) is 0 Å². The molecule has 2 nitrogen and oxygen atoms in total. The lowest BCUT2D eigenvalue weighted by Crippen LogP contribution is -2.09. The van der Waals surface area contributed by atoms with E-state index in [4.69, 9.17) is 0 Å². The normalized spacial score (nSPS) is 11.9. The Kier molecular flexibility index (Phi) is 4.18. The van der Waals surface area contributed by atoms with Crippen molar-refractivity contribution >= 4 is 33.0 Å². The van der Waals surface area contributed by atoms with Gasteiger partial charge in [-0.05, 0) is 43.2 Å². The molecule has 4 heteroatoms. The summed E-state index contributed by atoms with van der Waals surface area (Å²) in [5, 5.41) is 9.28. The maximum atomic E-state index is 12.4. The first-order valence-electron chi connectivity index (χ1n) is 5.79. The Hall–Kier alpha value is -1.44. The number of carbonyl (C=O) groups excluding carboxylic acids is 1. The summed E-state index contributed by atoms with van der Waals surface area (Å²) in [4.78, 5) is 14.2. The number of halogens is 1. The fourth-order valence-electron chi connectivity index (χ4n) is 1.78. The molecule has 19 heavy (non-hydrogen) atoms. The maximum absolute atomic E-state index is 12.4. The molecule has 0 aliphatic rings. The molecule has 0 saturated carbocycles. The lowest BCUT2D eigenvalue weighted by atomic mass is 9.95. The van der Waals surface area contributed by atoms with E-state index in [0.717, 1.165) is 20.5 Å². The van der Waals surface area contributed by atoms with E-state index in [-0.39, 0.29) is 5.78 Å². The average Bonchev–Trinajstić information content (AvgIpc) is 2.73. The summed E-state index contributed by atoms with van der Waals surface area (Å²) in [5.74, 6) is -0.850. The third kappa shape index (κ3) is 2.94. The zero-order valence-electron chi connectivity index (χ0n) is 10.6. The van der Waals surface area contributed by atoms with E-state index in [2.05, 4.69) is 22.0 Å². The number of ketones is 1. The van der Waals surface area contributed by atoms with Crippen LogP contribution in [0.3, 0.4) is 0 Å². The number of carbonyl (C=O) groups is 1. The predicted molar refractivity (Wildman–Crippen MR) is 80.6 cm³/mol. The van der Waals surface area contributed by atoms with E-state index < -0.39 is 5.92 Å². The summed E-state index contributed by atoms with van der Waals surface area (Å²) in [5.41, 5.74) is 1.83. The van der Waals surface area contributed by atoms with Crippen molar-refractivity contribution in [1.82, 2.24) is 0 Å². The van der Waals surface area contributed by atoms with E-state index >= 15 is 0 Å². The molecule has 0 aliphatic heterocycles. The lowest BCUT2D eigenvalue weighted by Gasteiger charge is -2.07. The number of Topliss-reactive ketones (excluding diaryl/α,β-unsaturated/α-hetero) is 1. The molecular formula is C15H12BrNOS. The van der Waals surface area contributed by atoms with Crippen LogP contribution >= 0.6 is 27.3 Å². The highest BCUT2D eigenvalue weighted by atomic mass is 79.9. The SMILES string of the molecule is Cc1cc(C(=O)C(C#N)c2ccc(Br)cc2)sc1C. The van der Waals surface area contributed by atoms with Gasteiger partial charge >= 0.3 is 0 Å². The second-order valence-corrected chi connectivity index (χ2v) is 6.50. The van der Waals surface area contributed by atoms with Gasteiger partial charge in [-0.1, -0.05) is 28.1 Å². The summed E-state index contributed by atoms with van der Waals surface area (Å²) in [7, 11) is 0. The molecule has 0 N–H and O–H groups in total. The molecule has 1 heterocycles. The highest BCUT2D eigenvalue weighted by Gasteiger charge is 2.23. The Balaban J connectivity index is 2.35. The van der Waals surface area contributed by atoms with Crippen LogP contribution in [0.5, 0.6) is 0 Å². The summed E-state index contributed by atoms with van der Waals surface area (Å²) in [6.07, 6.45) is 0. The van der Waals surface area contributed by atoms with Crippen molar-refractivity contribution in [3.05, 3.63) is 55.7 Å². The number of thiophene rings is 1. The van der Waals surface area contributed by atoms with E-state index in [1.54, 1.807) is 0 Å². The quantitative estimate of drug-likeness (QED) is 0.769. The van der Waals surface area contributed by atoms with Crippen LogP contribution in [-0.4, -0.2) is 5.78 Å². The molecule has 0 fully saturated rings. The second kappa shape index (κ2) is 5.68. The molecule has 0 saturated heterocycles. The molecule has 0 radical (unpaired) electrons. The molecular weight excluding hydrogens is 322 g/mol. The van der Waals surface area contributed by atoms with E-state index in [9.17, 15) is 10.1 Å². The summed E-state index contributed by atoms with van der Waals surface area (Å²) >= 11 is 4.80. The van der Waals surface area contributed by atoms with Gasteiger partial charge in [0.25, 0.3) is 0 Å². The molecule has 96 valence electrons. The van der Waals surface area contributed by atoms with Crippen LogP contribution in [0, 0.1) is 25.2 Å². The Bertz CT molecular complexity index is 632. The number of rotatable bonds is 3. The molecule has 0 amide bonds. The molecule has 1 aromatic heterocycles. The van der Waals surface area contributed by atoms with Gasteiger partial charge in [-0.15, -0.1) is 11.3 Å². The molecule has 0 spiro atoms. The minimum absolute atomic E-state index is 0.119. The molecule has 1 atom stereocenters. The second-order valence-electron chi connectivity index (χ2n) is 4.33. The largest absolute Gasteiger partial charge is 0.291 e. The van der Waals surface area contributed by atoms with Crippen LogP contribution in [0.1, 0.15) is 31.6 Å². The van der Waals surface area contributed by atoms with Gasteiger partial charge in [-0.2, -0.15) is 5.26 Å². The van der Waals surface area contributed by atoms with E-state index in [1.165, 1.54) is 11.3 Å². The third-order valence-electron chi connectivity index (χ3n) is 3.00. The number of nitrogens with zero attached hydrogens (tertiary/aromatic N) is 1. The first-order valence-corrected chi connectivity index (χ1v) is 7.40. The lowest BCUT2D eigenvalue weighted by molar-refractivity contribution is 0.0982. The Morgan fingerprint density at radius 3 is 2.42 bits per heavy atom. The first kappa shape index (κ1) is 14.0. The van der Waals surface area contributed by atoms with Crippen molar-refractivity contribution in [3.8, 4) is 6.07 Å². The zero-order chi connectivity index (χ0) is 14.0. The highest BCUT2D eigenvalue weighted by molar-refractivity contribution is 9.10. The number of hydrogen-bond acceptors (Lipinski definition) is 3. The van der Waals surface area contributed by atoms with Gasteiger partial charge in [0.2, 0.25) is 0 Å². The van der Waals surface area contributed by atoms with Crippen LogP contribution in [0.2, 0.25) is 0 Å². The smallest absolute Gasteiger partial charge is 0.194 e. The van der Waals surface area contributed by atoms with Crippen LogP contribution < -0.4 is 0 Å². The predicted octanol–water partition coefficient (Wildman–Crippen LogP) is 4.62. The van der Waals surface area contributed by atoms with Gasteiger partial charge in [-0.3, -0.25) is 4.79 Å². The van der Waals surface area contributed by atoms with Crippen molar-refractivity contribution in [3.63, 3.8) is 0 Å². The van der Waals surface area contributed by atoms with Gasteiger partial charge < -0.3 is 0 Å². The average molecular weight is 334 g/mol. The summed E-state index contributed by atoms with van der Waals surface area (Å²) in [6, 6.07) is 11.3. The van der Waals surface area contributed by atoms with Crippen molar-refractivity contribution in [1.29, 1.82) is 5.26 Å². The van der Waals surface area contributed by atoms with Gasteiger partial charge in [0.05, 0.1) is 10.9 Å². The van der Waals surface area contributed by atoms with Gasteiger partial charge in [0.15, 0.2) is 5.78 Å². The standard InChI is InChI=1S/C15H12BrNOS/c1-9-7-14(19-10(9)2)15(18)13(8-17)11-3-5-12(16)6-4-11/h3-7,13H,1-2H3. The third-order valence-corrected chi connectivity index (χ3v) is 4.70. The molecule has 2 rings (SSSR count). The number of nitriles is 1. The Labute approximate surface area is 124 Å². The fraction of sp³-hybridized carbons (Fsp3) is 0.200. The minimum atomic E-state index is -0.731. The van der Waals surface area contributed by atoms with Crippen molar-refractivity contribution in [2.75, 3.05) is 0 Å². The first-order chi connectivity index (χ1) is 9.02. The van der Waals surface area contributed by atoms with Crippen molar-refractivity contribution in [2.24, 2.45) is 0 Å². The zero-order valence-corrected chi connectivity index (χ0v) is 13.0. The van der Waals surface area contributed by atoms with Gasteiger partial charge in [0.1, 0.15) is 5.92 Å². The topological polar surface area (TPSA) is 40.9 Å². The number of aryl methyl sites for hydroxylation is 2. The highest BCUT2D eigenvalue weighted by Crippen LogP contribution is 2.28. The van der Waals surface area contributed by atoms with Gasteiger partial charge in [0, 0.05) is 9.35 Å². The maximum Gasteiger partial charge on any atom is 0.194 e. The van der Waals surface area contributed by atoms with Crippen LogP contribution in [0.25, 0.3) is 0 Å². The monoisotopic (exact) mass is 333 g/mol. The molecule has 1 unspecified atom stereocenters. The fourth-order valence-corrected chi connectivity index (χ4v) is 3.04. The minimum Gasteiger partial charge on any atom is -0.291 e. The summed E-state index contributed by atoms with van der Waals surface area (Å²) in [6.45, 7) is 3.96. The molecule has 0 bridgehead atoms. The van der Waals surface area contributed by atoms with E-state index in [1.807, 2.05) is 44.2 Å².